The highest BCUT2D eigenvalue weighted by atomic mass is 32.1. The number of anilines is 1. The standard InChI is InChI=1S/C21H17F2N3S/c1-12-5-4-6-14(11-12)17-19(23)18(22)16(20-21(17)25-27-24-20)13-7-9-15(10-8-13)26(2)3/h4-11H,1-3H3. The van der Waals surface area contributed by atoms with E-state index in [0.29, 0.717) is 22.2 Å². The van der Waals surface area contributed by atoms with E-state index in [1.807, 2.05) is 56.3 Å². The van der Waals surface area contributed by atoms with Crippen LogP contribution in [-0.2, 0) is 0 Å². The van der Waals surface area contributed by atoms with E-state index in [9.17, 15) is 0 Å². The van der Waals surface area contributed by atoms with Gasteiger partial charge in [-0.3, -0.25) is 0 Å². The van der Waals surface area contributed by atoms with Crippen LogP contribution < -0.4 is 4.90 Å². The molecule has 0 atom stereocenters. The van der Waals surface area contributed by atoms with Crippen LogP contribution in [-0.4, -0.2) is 22.8 Å². The zero-order valence-corrected chi connectivity index (χ0v) is 15.9. The molecule has 0 bridgehead atoms. The molecule has 3 nitrogen and oxygen atoms in total. The summed E-state index contributed by atoms with van der Waals surface area (Å²) in [6, 6.07) is 14.6. The Morgan fingerprint density at radius 3 is 1.96 bits per heavy atom. The minimum atomic E-state index is -0.899. The Morgan fingerprint density at radius 1 is 0.815 bits per heavy atom. The van der Waals surface area contributed by atoms with Gasteiger partial charge in [0.1, 0.15) is 11.0 Å². The molecule has 4 aromatic rings. The summed E-state index contributed by atoms with van der Waals surface area (Å²) in [5, 5.41) is 0. The lowest BCUT2D eigenvalue weighted by Crippen LogP contribution is -2.08. The average molecular weight is 381 g/mol. The third-order valence-corrected chi connectivity index (χ3v) is 5.10. The Hall–Kier alpha value is -2.86. The molecular weight excluding hydrogens is 364 g/mol. The number of aromatic nitrogens is 2. The first kappa shape index (κ1) is 17.5. The van der Waals surface area contributed by atoms with E-state index in [4.69, 9.17) is 0 Å². The minimum Gasteiger partial charge on any atom is -0.378 e. The molecule has 0 aliphatic carbocycles. The van der Waals surface area contributed by atoms with Gasteiger partial charge in [0, 0.05) is 30.9 Å². The fourth-order valence-corrected chi connectivity index (χ4v) is 3.76. The number of nitrogens with zero attached hydrogens (tertiary/aromatic N) is 3. The van der Waals surface area contributed by atoms with Crippen LogP contribution in [0.15, 0.2) is 48.5 Å². The van der Waals surface area contributed by atoms with E-state index in [2.05, 4.69) is 8.75 Å². The largest absolute Gasteiger partial charge is 0.378 e. The van der Waals surface area contributed by atoms with Gasteiger partial charge in [0.15, 0.2) is 11.6 Å². The van der Waals surface area contributed by atoms with Gasteiger partial charge in [-0.15, -0.1) is 0 Å². The molecule has 0 radical (unpaired) electrons. The molecule has 1 heterocycles. The number of halogens is 2. The molecule has 0 saturated heterocycles. The fraction of sp³-hybridized carbons (Fsp3) is 0.143. The third kappa shape index (κ3) is 2.96. The van der Waals surface area contributed by atoms with Crippen LogP contribution in [0.4, 0.5) is 14.5 Å². The molecule has 136 valence electrons. The van der Waals surface area contributed by atoms with Crippen LogP contribution in [0, 0.1) is 18.6 Å². The first-order valence-electron chi connectivity index (χ1n) is 8.45. The van der Waals surface area contributed by atoms with Gasteiger partial charge in [-0.25, -0.2) is 8.78 Å². The molecule has 0 unspecified atom stereocenters. The first-order valence-corrected chi connectivity index (χ1v) is 9.18. The summed E-state index contributed by atoms with van der Waals surface area (Å²) in [7, 11) is 3.85. The molecule has 0 aliphatic heterocycles. The normalized spacial score (nSPS) is 11.1. The van der Waals surface area contributed by atoms with Crippen molar-refractivity contribution in [3.05, 3.63) is 65.7 Å². The second kappa shape index (κ2) is 6.70. The number of hydrogen-bond donors (Lipinski definition) is 0. The van der Waals surface area contributed by atoms with Gasteiger partial charge >= 0.3 is 0 Å². The molecule has 0 spiro atoms. The number of fused-ring (bicyclic) bond motifs is 1. The van der Waals surface area contributed by atoms with Crippen molar-refractivity contribution in [2.75, 3.05) is 19.0 Å². The number of aryl methyl sites for hydroxylation is 1. The fourth-order valence-electron chi connectivity index (χ4n) is 3.20. The quantitative estimate of drug-likeness (QED) is 0.457. The smallest absolute Gasteiger partial charge is 0.169 e. The molecule has 3 aromatic carbocycles. The second-order valence-corrected chi connectivity index (χ2v) is 7.18. The van der Waals surface area contributed by atoms with E-state index in [1.54, 1.807) is 18.2 Å². The highest BCUT2D eigenvalue weighted by Crippen LogP contribution is 2.39. The summed E-state index contributed by atoms with van der Waals surface area (Å²) in [4.78, 5) is 1.95. The van der Waals surface area contributed by atoms with Crippen molar-refractivity contribution >= 4 is 28.4 Å². The van der Waals surface area contributed by atoms with Crippen molar-refractivity contribution in [2.45, 2.75) is 6.92 Å². The summed E-state index contributed by atoms with van der Waals surface area (Å²) in [6.45, 7) is 1.91. The summed E-state index contributed by atoms with van der Waals surface area (Å²) < 4.78 is 38.8. The van der Waals surface area contributed by atoms with Gasteiger partial charge in [-0.2, -0.15) is 8.75 Å². The van der Waals surface area contributed by atoms with E-state index in [0.717, 1.165) is 23.0 Å². The van der Waals surface area contributed by atoms with Crippen LogP contribution in [0.1, 0.15) is 5.56 Å². The monoisotopic (exact) mass is 381 g/mol. The molecule has 1 aromatic heterocycles. The van der Waals surface area contributed by atoms with Crippen LogP contribution in [0.25, 0.3) is 33.3 Å². The van der Waals surface area contributed by atoms with Crippen molar-refractivity contribution in [1.29, 1.82) is 0 Å². The lowest BCUT2D eigenvalue weighted by molar-refractivity contribution is 0.515. The molecule has 4 rings (SSSR count). The van der Waals surface area contributed by atoms with E-state index in [-0.39, 0.29) is 11.1 Å². The van der Waals surface area contributed by atoms with E-state index >= 15 is 8.78 Å². The number of rotatable bonds is 3. The Bertz CT molecular complexity index is 1130. The topological polar surface area (TPSA) is 29.0 Å². The van der Waals surface area contributed by atoms with Gasteiger partial charge in [0.25, 0.3) is 0 Å². The Labute approximate surface area is 160 Å². The van der Waals surface area contributed by atoms with Crippen LogP contribution in [0.3, 0.4) is 0 Å². The van der Waals surface area contributed by atoms with Crippen LogP contribution in [0.5, 0.6) is 0 Å². The first-order chi connectivity index (χ1) is 13.0. The van der Waals surface area contributed by atoms with Gasteiger partial charge in [-0.1, -0.05) is 42.0 Å². The Kier molecular flexibility index (Phi) is 4.36. The highest BCUT2D eigenvalue weighted by Gasteiger charge is 2.24. The van der Waals surface area contributed by atoms with Crippen molar-refractivity contribution in [3.63, 3.8) is 0 Å². The average Bonchev–Trinajstić information content (AvgIpc) is 3.11. The van der Waals surface area contributed by atoms with Gasteiger partial charge in [0.05, 0.1) is 11.7 Å². The number of benzene rings is 3. The second-order valence-electron chi connectivity index (χ2n) is 6.65. The predicted octanol–water partition coefficient (Wildman–Crippen LogP) is 5.68. The zero-order valence-electron chi connectivity index (χ0n) is 15.1. The molecule has 0 amide bonds. The van der Waals surface area contributed by atoms with Crippen LogP contribution in [0.2, 0.25) is 0 Å². The number of hydrogen-bond acceptors (Lipinski definition) is 4. The maximum atomic E-state index is 15.2. The highest BCUT2D eigenvalue weighted by molar-refractivity contribution is 7.00. The lowest BCUT2D eigenvalue weighted by Gasteiger charge is -2.14. The predicted molar refractivity (Wildman–Crippen MR) is 107 cm³/mol. The molecule has 27 heavy (non-hydrogen) atoms. The molecule has 0 fully saturated rings. The van der Waals surface area contributed by atoms with Crippen molar-refractivity contribution in [2.24, 2.45) is 0 Å². The summed E-state index contributed by atoms with van der Waals surface area (Å²) in [6.07, 6.45) is 0. The van der Waals surface area contributed by atoms with Crippen molar-refractivity contribution in [3.8, 4) is 22.3 Å². The maximum Gasteiger partial charge on any atom is 0.169 e. The minimum absolute atomic E-state index is 0.151. The van der Waals surface area contributed by atoms with Gasteiger partial charge in [0.2, 0.25) is 0 Å². The van der Waals surface area contributed by atoms with Crippen LogP contribution >= 0.6 is 11.7 Å². The van der Waals surface area contributed by atoms with Gasteiger partial charge < -0.3 is 4.90 Å². The summed E-state index contributed by atoms with van der Waals surface area (Å²) in [5.41, 5.74) is 4.19. The summed E-state index contributed by atoms with van der Waals surface area (Å²) >= 11 is 0.959. The lowest BCUT2D eigenvalue weighted by atomic mass is 9.95. The molecule has 0 saturated carbocycles. The van der Waals surface area contributed by atoms with Crippen molar-refractivity contribution in [1.82, 2.24) is 8.75 Å². The van der Waals surface area contributed by atoms with E-state index in [1.165, 1.54) is 0 Å². The molecule has 0 N–H and O–H groups in total. The van der Waals surface area contributed by atoms with Gasteiger partial charge in [-0.05, 0) is 30.2 Å². The zero-order chi connectivity index (χ0) is 19.1. The Morgan fingerprint density at radius 2 is 1.41 bits per heavy atom. The molecular formula is C21H17F2N3S. The third-order valence-electron chi connectivity index (χ3n) is 4.57. The Balaban J connectivity index is 1.98. The molecule has 0 aliphatic rings. The molecule has 6 heteroatoms. The van der Waals surface area contributed by atoms with E-state index < -0.39 is 11.6 Å². The van der Waals surface area contributed by atoms with Crippen molar-refractivity contribution < 1.29 is 8.78 Å². The summed E-state index contributed by atoms with van der Waals surface area (Å²) in [5.74, 6) is -1.79. The SMILES string of the molecule is Cc1cccc(-c2c(F)c(F)c(-c3ccc(N(C)C)cc3)c3nsnc23)c1. The maximum absolute atomic E-state index is 15.2.